The Balaban J connectivity index is 2.34. The van der Waals surface area contributed by atoms with Gasteiger partial charge in [-0.1, -0.05) is 18.2 Å². The largest absolute Gasteiger partial charge is 0.350 e. The second-order valence-electron chi connectivity index (χ2n) is 4.08. The molecule has 0 unspecified atom stereocenters. The molecule has 0 bridgehead atoms. The van der Waals surface area contributed by atoms with Gasteiger partial charge in [-0.05, 0) is 30.5 Å². The van der Waals surface area contributed by atoms with Gasteiger partial charge in [0.05, 0.1) is 0 Å². The predicted octanol–water partition coefficient (Wildman–Crippen LogP) is 2.51. The topological polar surface area (TPSA) is 22.0 Å². The molecule has 0 radical (unpaired) electrons. The molecule has 0 aliphatic rings. The molecule has 0 N–H and O–H groups in total. The zero-order valence-corrected chi connectivity index (χ0v) is 9.60. The van der Waals surface area contributed by atoms with Crippen LogP contribution in [0.2, 0.25) is 0 Å². The van der Waals surface area contributed by atoms with Crippen LogP contribution >= 0.6 is 0 Å². The Morgan fingerprint density at radius 3 is 2.12 bits per heavy atom. The molecule has 1 heterocycles. The summed E-state index contributed by atoms with van der Waals surface area (Å²) in [5.41, 5.74) is 3.96. The molecule has 0 fully saturated rings. The number of aryl methyl sites for hydroxylation is 2. The number of hydrogen-bond donors (Lipinski definition) is 0. The normalized spacial score (nSPS) is 10.4. The smallest absolute Gasteiger partial charge is 0.181 e. The van der Waals surface area contributed by atoms with Gasteiger partial charge in [0, 0.05) is 31.1 Å². The van der Waals surface area contributed by atoms with Crippen LogP contribution in [-0.2, 0) is 6.54 Å². The van der Waals surface area contributed by atoms with Crippen molar-refractivity contribution in [2.45, 2.75) is 20.4 Å². The summed E-state index contributed by atoms with van der Waals surface area (Å²) in [7, 11) is 0. The quantitative estimate of drug-likeness (QED) is 0.751. The zero-order valence-electron chi connectivity index (χ0n) is 9.60. The van der Waals surface area contributed by atoms with Crippen LogP contribution in [0, 0.1) is 13.8 Å². The first-order valence-electron chi connectivity index (χ1n) is 5.38. The Morgan fingerprint density at radius 2 is 1.56 bits per heavy atom. The van der Waals surface area contributed by atoms with Gasteiger partial charge in [0.1, 0.15) is 0 Å². The molecule has 0 saturated carbocycles. The molecule has 0 spiro atoms. The maximum Gasteiger partial charge on any atom is 0.181 e. The molecule has 1 aromatic carbocycles. The minimum Gasteiger partial charge on any atom is -0.350 e. The van der Waals surface area contributed by atoms with E-state index < -0.39 is 0 Å². The molecule has 16 heavy (non-hydrogen) atoms. The van der Waals surface area contributed by atoms with Crippen molar-refractivity contribution < 1.29 is 0 Å². The monoisotopic (exact) mass is 213 g/mol. The summed E-state index contributed by atoms with van der Waals surface area (Å²) in [5.74, 6) is 0. The summed E-state index contributed by atoms with van der Waals surface area (Å²) in [5, 5.41) is 0. The Hall–Kier alpha value is -1.83. The lowest BCUT2D eigenvalue weighted by Crippen LogP contribution is -2.06. The van der Waals surface area contributed by atoms with E-state index in [2.05, 4.69) is 32.0 Å². The molecule has 0 amide bonds. The highest BCUT2D eigenvalue weighted by atomic mass is 16.1. The van der Waals surface area contributed by atoms with Gasteiger partial charge >= 0.3 is 0 Å². The van der Waals surface area contributed by atoms with E-state index >= 15 is 0 Å². The number of nitrogens with zero attached hydrogens (tertiary/aromatic N) is 1. The van der Waals surface area contributed by atoms with Crippen molar-refractivity contribution in [1.82, 2.24) is 4.57 Å². The van der Waals surface area contributed by atoms with Gasteiger partial charge in [0.2, 0.25) is 0 Å². The third-order valence-corrected chi connectivity index (χ3v) is 2.85. The number of rotatable bonds is 2. The van der Waals surface area contributed by atoms with E-state index in [0.29, 0.717) is 0 Å². The standard InChI is InChI=1S/C14H15NO/c1-11-4-3-5-12(2)14(11)10-15-8-6-13(16)7-9-15/h3-9H,10H2,1-2H3. The van der Waals surface area contributed by atoms with Gasteiger partial charge in [-0.2, -0.15) is 0 Å². The summed E-state index contributed by atoms with van der Waals surface area (Å²) < 4.78 is 2.02. The number of benzene rings is 1. The highest BCUT2D eigenvalue weighted by molar-refractivity contribution is 5.33. The molecule has 2 heteroatoms. The van der Waals surface area contributed by atoms with Crippen molar-refractivity contribution >= 4 is 0 Å². The van der Waals surface area contributed by atoms with Crippen molar-refractivity contribution in [3.63, 3.8) is 0 Å². The van der Waals surface area contributed by atoms with Gasteiger partial charge in [0.15, 0.2) is 5.43 Å². The van der Waals surface area contributed by atoms with Gasteiger partial charge < -0.3 is 4.57 Å². The molecular formula is C14H15NO. The predicted molar refractivity (Wildman–Crippen MR) is 65.7 cm³/mol. The SMILES string of the molecule is Cc1cccc(C)c1Cn1ccc(=O)cc1. The molecule has 2 nitrogen and oxygen atoms in total. The molecule has 82 valence electrons. The number of pyridine rings is 1. The Labute approximate surface area is 95.2 Å². The summed E-state index contributed by atoms with van der Waals surface area (Å²) in [6.07, 6.45) is 3.66. The van der Waals surface area contributed by atoms with E-state index in [0.717, 1.165) is 6.54 Å². The summed E-state index contributed by atoms with van der Waals surface area (Å²) >= 11 is 0. The minimum atomic E-state index is 0.0535. The highest BCUT2D eigenvalue weighted by Crippen LogP contribution is 2.14. The first-order chi connectivity index (χ1) is 7.66. The van der Waals surface area contributed by atoms with Crippen LogP contribution in [0.5, 0.6) is 0 Å². The lowest BCUT2D eigenvalue weighted by atomic mass is 10.0. The van der Waals surface area contributed by atoms with Crippen molar-refractivity contribution in [1.29, 1.82) is 0 Å². The van der Waals surface area contributed by atoms with Crippen molar-refractivity contribution in [3.05, 3.63) is 69.6 Å². The van der Waals surface area contributed by atoms with Crippen LogP contribution in [0.25, 0.3) is 0 Å². The molecular weight excluding hydrogens is 198 g/mol. The molecule has 0 aliphatic carbocycles. The fourth-order valence-electron chi connectivity index (χ4n) is 1.83. The lowest BCUT2D eigenvalue weighted by molar-refractivity contribution is 0.779. The summed E-state index contributed by atoms with van der Waals surface area (Å²) in [6, 6.07) is 9.48. The van der Waals surface area contributed by atoms with E-state index in [9.17, 15) is 4.79 Å². The van der Waals surface area contributed by atoms with Crippen LogP contribution in [0.3, 0.4) is 0 Å². The van der Waals surface area contributed by atoms with Crippen molar-refractivity contribution in [2.24, 2.45) is 0 Å². The summed E-state index contributed by atoms with van der Waals surface area (Å²) in [6.45, 7) is 5.05. The fourth-order valence-corrected chi connectivity index (χ4v) is 1.83. The molecule has 0 aliphatic heterocycles. The van der Waals surface area contributed by atoms with Gasteiger partial charge in [0.25, 0.3) is 0 Å². The van der Waals surface area contributed by atoms with Crippen LogP contribution in [0.4, 0.5) is 0 Å². The van der Waals surface area contributed by atoms with E-state index in [1.54, 1.807) is 12.1 Å². The fraction of sp³-hybridized carbons (Fsp3) is 0.214. The van der Waals surface area contributed by atoms with Crippen molar-refractivity contribution in [2.75, 3.05) is 0 Å². The maximum absolute atomic E-state index is 11.0. The van der Waals surface area contributed by atoms with Crippen LogP contribution in [0.15, 0.2) is 47.5 Å². The van der Waals surface area contributed by atoms with Crippen LogP contribution < -0.4 is 5.43 Å². The van der Waals surface area contributed by atoms with E-state index in [1.807, 2.05) is 17.0 Å². The van der Waals surface area contributed by atoms with Crippen LogP contribution in [-0.4, -0.2) is 4.57 Å². The molecule has 1 aromatic heterocycles. The first kappa shape index (κ1) is 10.7. The lowest BCUT2D eigenvalue weighted by Gasteiger charge is -2.11. The Morgan fingerprint density at radius 1 is 1.00 bits per heavy atom. The van der Waals surface area contributed by atoms with Gasteiger partial charge in [-0.3, -0.25) is 4.79 Å². The molecule has 2 aromatic rings. The highest BCUT2D eigenvalue weighted by Gasteiger charge is 2.01. The second-order valence-corrected chi connectivity index (χ2v) is 4.08. The molecule has 0 saturated heterocycles. The third kappa shape index (κ3) is 2.22. The van der Waals surface area contributed by atoms with Crippen molar-refractivity contribution in [3.8, 4) is 0 Å². The third-order valence-electron chi connectivity index (χ3n) is 2.85. The van der Waals surface area contributed by atoms with Crippen LogP contribution in [0.1, 0.15) is 16.7 Å². The average molecular weight is 213 g/mol. The van der Waals surface area contributed by atoms with Gasteiger partial charge in [-0.15, -0.1) is 0 Å². The Kier molecular flexibility index (Phi) is 2.91. The first-order valence-corrected chi connectivity index (χ1v) is 5.38. The minimum absolute atomic E-state index is 0.0535. The maximum atomic E-state index is 11.0. The second kappa shape index (κ2) is 4.35. The number of hydrogen-bond acceptors (Lipinski definition) is 1. The summed E-state index contributed by atoms with van der Waals surface area (Å²) in [4.78, 5) is 11.0. The number of aromatic nitrogens is 1. The van der Waals surface area contributed by atoms with E-state index in [4.69, 9.17) is 0 Å². The average Bonchev–Trinajstić information content (AvgIpc) is 2.26. The zero-order chi connectivity index (χ0) is 11.5. The van der Waals surface area contributed by atoms with E-state index in [1.165, 1.54) is 16.7 Å². The Bertz CT molecular complexity index is 514. The van der Waals surface area contributed by atoms with E-state index in [-0.39, 0.29) is 5.43 Å². The van der Waals surface area contributed by atoms with Gasteiger partial charge in [-0.25, -0.2) is 0 Å². The molecule has 2 rings (SSSR count). The molecule has 0 atom stereocenters.